The number of nitrogens with two attached hydrogens (primary N) is 1. The molecule has 1 aromatic rings. The molecule has 1 aromatic carbocycles. The van der Waals surface area contributed by atoms with Gasteiger partial charge in [0.2, 0.25) is 0 Å². The predicted molar refractivity (Wildman–Crippen MR) is 65.5 cm³/mol. The van der Waals surface area contributed by atoms with Gasteiger partial charge in [-0.3, -0.25) is 0 Å². The van der Waals surface area contributed by atoms with Gasteiger partial charge in [-0.25, -0.2) is 4.39 Å². The third kappa shape index (κ3) is 3.21. The van der Waals surface area contributed by atoms with Crippen LogP contribution in [0, 0.1) is 5.82 Å². The third-order valence-electron chi connectivity index (χ3n) is 2.42. The first-order chi connectivity index (χ1) is 7.20. The largest absolute Gasteiger partial charge is 0.326 e. The second-order valence-corrected chi connectivity index (χ2v) is 4.89. The zero-order chi connectivity index (χ0) is 11.3. The summed E-state index contributed by atoms with van der Waals surface area (Å²) in [5.41, 5.74) is 6.75. The Labute approximate surface area is 95.2 Å². The molecule has 84 valence electrons. The van der Waals surface area contributed by atoms with Crippen molar-refractivity contribution < 1.29 is 4.39 Å². The predicted octanol–water partition coefficient (Wildman–Crippen LogP) is 3.36. The van der Waals surface area contributed by atoms with Crippen LogP contribution in [0.1, 0.15) is 31.1 Å². The van der Waals surface area contributed by atoms with Gasteiger partial charge in [-0.15, -0.1) is 0 Å². The van der Waals surface area contributed by atoms with E-state index in [0.717, 1.165) is 17.7 Å². The van der Waals surface area contributed by atoms with Crippen molar-refractivity contribution in [1.29, 1.82) is 0 Å². The molecule has 0 bridgehead atoms. The molecule has 0 aliphatic carbocycles. The maximum absolute atomic E-state index is 13.6. The lowest BCUT2D eigenvalue weighted by Crippen LogP contribution is -2.26. The van der Waals surface area contributed by atoms with Crippen LogP contribution in [0.4, 0.5) is 4.39 Å². The van der Waals surface area contributed by atoms with Crippen LogP contribution in [0.5, 0.6) is 0 Å². The maximum Gasteiger partial charge on any atom is 0.127 e. The fourth-order valence-corrected chi connectivity index (χ4v) is 2.71. The molecule has 0 saturated heterocycles. The summed E-state index contributed by atoms with van der Waals surface area (Å²) < 4.78 is 13.6. The Morgan fingerprint density at radius 1 is 1.33 bits per heavy atom. The molecule has 2 atom stereocenters. The van der Waals surface area contributed by atoms with Gasteiger partial charge in [0, 0.05) is 16.9 Å². The maximum atomic E-state index is 13.6. The second-order valence-electron chi connectivity index (χ2n) is 3.47. The standard InChI is InChI=1S/C12H18FNS/c1-3-11(14)12(15-4-2)9-7-5-6-8-10(9)13/h5-8,11-12H,3-4,14H2,1-2H3. The van der Waals surface area contributed by atoms with Crippen molar-refractivity contribution in [2.24, 2.45) is 5.73 Å². The Bertz CT molecular complexity index is 303. The van der Waals surface area contributed by atoms with E-state index in [0.29, 0.717) is 0 Å². The van der Waals surface area contributed by atoms with E-state index in [-0.39, 0.29) is 17.1 Å². The Balaban J connectivity index is 2.93. The summed E-state index contributed by atoms with van der Waals surface area (Å²) in [7, 11) is 0. The number of rotatable bonds is 5. The van der Waals surface area contributed by atoms with Crippen molar-refractivity contribution in [3.05, 3.63) is 35.6 Å². The molecule has 0 aromatic heterocycles. The highest BCUT2D eigenvalue weighted by Crippen LogP contribution is 2.33. The lowest BCUT2D eigenvalue weighted by atomic mass is 10.0. The van der Waals surface area contributed by atoms with Gasteiger partial charge in [0.15, 0.2) is 0 Å². The van der Waals surface area contributed by atoms with Gasteiger partial charge >= 0.3 is 0 Å². The molecule has 2 unspecified atom stereocenters. The number of hydrogen-bond donors (Lipinski definition) is 1. The Morgan fingerprint density at radius 2 is 2.00 bits per heavy atom. The van der Waals surface area contributed by atoms with Crippen LogP contribution in [0.25, 0.3) is 0 Å². The number of benzene rings is 1. The van der Waals surface area contributed by atoms with Crippen LogP contribution >= 0.6 is 11.8 Å². The lowest BCUT2D eigenvalue weighted by Gasteiger charge is -2.22. The van der Waals surface area contributed by atoms with Gasteiger partial charge < -0.3 is 5.73 Å². The molecule has 0 saturated carbocycles. The molecule has 1 nitrogen and oxygen atoms in total. The normalized spacial score (nSPS) is 14.9. The Kier molecular flexibility index (Phi) is 5.12. The van der Waals surface area contributed by atoms with Crippen LogP contribution in [0.2, 0.25) is 0 Å². The van der Waals surface area contributed by atoms with Gasteiger partial charge in [0.25, 0.3) is 0 Å². The zero-order valence-corrected chi connectivity index (χ0v) is 10.1. The summed E-state index contributed by atoms with van der Waals surface area (Å²) in [5, 5.41) is 0.0706. The third-order valence-corrected chi connectivity index (χ3v) is 3.71. The van der Waals surface area contributed by atoms with E-state index in [1.54, 1.807) is 17.8 Å². The summed E-state index contributed by atoms with van der Waals surface area (Å²) in [6.07, 6.45) is 0.867. The van der Waals surface area contributed by atoms with Crippen molar-refractivity contribution in [3.63, 3.8) is 0 Å². The van der Waals surface area contributed by atoms with E-state index >= 15 is 0 Å². The van der Waals surface area contributed by atoms with Crippen molar-refractivity contribution in [3.8, 4) is 0 Å². The van der Waals surface area contributed by atoms with Gasteiger partial charge in [-0.1, -0.05) is 32.0 Å². The van der Waals surface area contributed by atoms with E-state index in [1.807, 2.05) is 19.1 Å². The molecule has 2 N–H and O–H groups in total. The SMILES string of the molecule is CCSC(c1ccccc1F)C(N)CC. The van der Waals surface area contributed by atoms with Crippen molar-refractivity contribution in [1.82, 2.24) is 0 Å². The van der Waals surface area contributed by atoms with Crippen LogP contribution in [-0.4, -0.2) is 11.8 Å². The molecule has 0 amide bonds. The molecule has 0 spiro atoms. The first kappa shape index (κ1) is 12.5. The summed E-state index contributed by atoms with van der Waals surface area (Å²) in [4.78, 5) is 0. The van der Waals surface area contributed by atoms with Gasteiger partial charge in [-0.2, -0.15) is 11.8 Å². The molecule has 15 heavy (non-hydrogen) atoms. The van der Waals surface area contributed by atoms with Crippen molar-refractivity contribution in [2.75, 3.05) is 5.75 Å². The van der Waals surface area contributed by atoms with E-state index < -0.39 is 0 Å². The van der Waals surface area contributed by atoms with E-state index in [2.05, 4.69) is 6.92 Å². The lowest BCUT2D eigenvalue weighted by molar-refractivity contribution is 0.573. The molecule has 0 aliphatic heterocycles. The first-order valence-corrected chi connectivity index (χ1v) is 6.37. The Morgan fingerprint density at radius 3 is 2.53 bits per heavy atom. The van der Waals surface area contributed by atoms with Crippen LogP contribution in [0.15, 0.2) is 24.3 Å². The van der Waals surface area contributed by atoms with Gasteiger partial charge in [0.1, 0.15) is 5.82 Å². The topological polar surface area (TPSA) is 26.0 Å². The average Bonchev–Trinajstić information content (AvgIpc) is 2.26. The summed E-state index contributed by atoms with van der Waals surface area (Å²) in [6, 6.07) is 6.93. The van der Waals surface area contributed by atoms with Gasteiger partial charge in [-0.05, 0) is 18.2 Å². The molecule has 0 fully saturated rings. The summed E-state index contributed by atoms with van der Waals surface area (Å²) in [6.45, 7) is 4.11. The quantitative estimate of drug-likeness (QED) is 0.834. The van der Waals surface area contributed by atoms with Gasteiger partial charge in [0.05, 0.1) is 0 Å². The molecule has 3 heteroatoms. The first-order valence-electron chi connectivity index (χ1n) is 5.32. The van der Waals surface area contributed by atoms with Crippen molar-refractivity contribution >= 4 is 11.8 Å². The number of halogens is 1. The molecular weight excluding hydrogens is 209 g/mol. The minimum absolute atomic E-state index is 0.0202. The zero-order valence-electron chi connectivity index (χ0n) is 9.24. The number of hydrogen-bond acceptors (Lipinski definition) is 2. The Hall–Kier alpha value is -0.540. The summed E-state index contributed by atoms with van der Waals surface area (Å²) >= 11 is 1.71. The van der Waals surface area contributed by atoms with Crippen LogP contribution in [0.3, 0.4) is 0 Å². The minimum atomic E-state index is -0.146. The van der Waals surface area contributed by atoms with E-state index in [1.165, 1.54) is 6.07 Å². The fourth-order valence-electron chi connectivity index (χ4n) is 1.54. The monoisotopic (exact) mass is 227 g/mol. The summed E-state index contributed by atoms with van der Waals surface area (Å²) in [5.74, 6) is 0.805. The smallest absolute Gasteiger partial charge is 0.127 e. The highest BCUT2D eigenvalue weighted by molar-refractivity contribution is 7.99. The molecule has 1 rings (SSSR count). The van der Waals surface area contributed by atoms with Crippen LogP contribution < -0.4 is 5.73 Å². The van der Waals surface area contributed by atoms with E-state index in [4.69, 9.17) is 5.73 Å². The average molecular weight is 227 g/mol. The van der Waals surface area contributed by atoms with Crippen LogP contribution in [-0.2, 0) is 0 Å². The molecule has 0 radical (unpaired) electrons. The fraction of sp³-hybridized carbons (Fsp3) is 0.500. The molecule has 0 aliphatic rings. The second kappa shape index (κ2) is 6.13. The van der Waals surface area contributed by atoms with Crippen molar-refractivity contribution in [2.45, 2.75) is 31.6 Å². The molecular formula is C12H18FNS. The minimum Gasteiger partial charge on any atom is -0.326 e. The highest BCUT2D eigenvalue weighted by atomic mass is 32.2. The molecule has 0 heterocycles. The van der Waals surface area contributed by atoms with E-state index in [9.17, 15) is 4.39 Å². The number of thioether (sulfide) groups is 1. The highest BCUT2D eigenvalue weighted by Gasteiger charge is 2.20.